The van der Waals surface area contributed by atoms with Crippen LogP contribution in [-0.4, -0.2) is 19.3 Å². The van der Waals surface area contributed by atoms with Crippen molar-refractivity contribution in [2.45, 2.75) is 19.7 Å². The molecular formula is C17H21NO3. The van der Waals surface area contributed by atoms with Gasteiger partial charge in [-0.15, -0.1) is 0 Å². The van der Waals surface area contributed by atoms with Gasteiger partial charge >= 0.3 is 0 Å². The van der Waals surface area contributed by atoms with E-state index in [1.807, 2.05) is 24.3 Å². The van der Waals surface area contributed by atoms with E-state index in [4.69, 9.17) is 9.47 Å². The summed E-state index contributed by atoms with van der Waals surface area (Å²) < 4.78 is 10.3. The van der Waals surface area contributed by atoms with E-state index in [-0.39, 0.29) is 5.75 Å². The largest absolute Gasteiger partial charge is 0.507 e. The maximum absolute atomic E-state index is 9.92. The first-order valence-electron chi connectivity index (χ1n) is 6.87. The quantitative estimate of drug-likeness (QED) is 0.822. The van der Waals surface area contributed by atoms with Gasteiger partial charge in [0, 0.05) is 31.8 Å². The third-order valence-electron chi connectivity index (χ3n) is 3.34. The fourth-order valence-electron chi connectivity index (χ4n) is 2.18. The van der Waals surface area contributed by atoms with Crippen LogP contribution in [0.1, 0.15) is 16.7 Å². The van der Waals surface area contributed by atoms with Gasteiger partial charge in [0.1, 0.15) is 11.5 Å². The van der Waals surface area contributed by atoms with Gasteiger partial charge in [-0.05, 0) is 17.2 Å². The van der Waals surface area contributed by atoms with Crippen molar-refractivity contribution in [3.05, 3.63) is 59.2 Å². The monoisotopic (exact) mass is 287 g/mol. The number of rotatable bonds is 7. The number of benzene rings is 2. The molecule has 0 aliphatic rings. The van der Waals surface area contributed by atoms with E-state index < -0.39 is 0 Å². The van der Waals surface area contributed by atoms with Gasteiger partial charge in [-0.1, -0.05) is 30.3 Å². The molecule has 0 atom stereocenters. The number of phenols is 1. The van der Waals surface area contributed by atoms with Crippen LogP contribution >= 0.6 is 0 Å². The van der Waals surface area contributed by atoms with Crippen LogP contribution in [0.25, 0.3) is 0 Å². The molecule has 0 fully saturated rings. The maximum atomic E-state index is 9.92. The molecule has 112 valence electrons. The molecule has 0 saturated heterocycles. The highest BCUT2D eigenvalue weighted by Crippen LogP contribution is 2.23. The van der Waals surface area contributed by atoms with E-state index in [2.05, 4.69) is 17.4 Å². The van der Waals surface area contributed by atoms with Crippen LogP contribution in [0.5, 0.6) is 11.5 Å². The minimum atomic E-state index is 0.243. The van der Waals surface area contributed by atoms with Crippen LogP contribution < -0.4 is 10.1 Å². The van der Waals surface area contributed by atoms with Gasteiger partial charge in [-0.3, -0.25) is 0 Å². The lowest BCUT2D eigenvalue weighted by molar-refractivity contribution is 0.184. The van der Waals surface area contributed by atoms with E-state index in [0.29, 0.717) is 18.9 Å². The van der Waals surface area contributed by atoms with Crippen molar-refractivity contribution < 1.29 is 14.6 Å². The molecule has 0 spiro atoms. The van der Waals surface area contributed by atoms with Crippen molar-refractivity contribution in [1.82, 2.24) is 5.32 Å². The molecule has 2 rings (SSSR count). The van der Waals surface area contributed by atoms with Crippen LogP contribution in [0, 0.1) is 0 Å². The Bertz CT molecular complexity index is 584. The third kappa shape index (κ3) is 4.21. The predicted molar refractivity (Wildman–Crippen MR) is 82.4 cm³/mol. The molecule has 21 heavy (non-hydrogen) atoms. The molecule has 0 amide bonds. The number of methoxy groups -OCH3 is 2. The molecule has 0 aromatic heterocycles. The highest BCUT2D eigenvalue weighted by molar-refractivity contribution is 5.39. The fraction of sp³-hybridized carbons (Fsp3) is 0.294. The van der Waals surface area contributed by atoms with E-state index in [9.17, 15) is 5.11 Å². The molecule has 0 heterocycles. The van der Waals surface area contributed by atoms with Gasteiger partial charge in [0.2, 0.25) is 0 Å². The third-order valence-corrected chi connectivity index (χ3v) is 3.34. The zero-order valence-electron chi connectivity index (χ0n) is 12.4. The predicted octanol–water partition coefficient (Wildman–Crippen LogP) is 2.84. The summed E-state index contributed by atoms with van der Waals surface area (Å²) in [5.41, 5.74) is 3.22. The van der Waals surface area contributed by atoms with Crippen molar-refractivity contribution in [3.8, 4) is 11.5 Å². The maximum Gasteiger partial charge on any atom is 0.123 e. The van der Waals surface area contributed by atoms with Gasteiger partial charge in [-0.2, -0.15) is 0 Å². The van der Waals surface area contributed by atoms with Gasteiger partial charge in [0.15, 0.2) is 0 Å². The first kappa shape index (κ1) is 15.4. The second kappa shape index (κ2) is 7.67. The Kier molecular flexibility index (Phi) is 5.60. The smallest absolute Gasteiger partial charge is 0.123 e. The van der Waals surface area contributed by atoms with Crippen molar-refractivity contribution >= 4 is 0 Å². The lowest BCUT2D eigenvalue weighted by Gasteiger charge is -2.11. The molecule has 2 aromatic carbocycles. The molecule has 0 aliphatic heterocycles. The number of ether oxygens (including phenoxy) is 2. The summed E-state index contributed by atoms with van der Waals surface area (Å²) in [6.07, 6.45) is 0. The van der Waals surface area contributed by atoms with Gasteiger partial charge in [0.05, 0.1) is 13.7 Å². The number of phenolic OH excluding ortho intramolecular Hbond substituents is 1. The number of hydrogen-bond acceptors (Lipinski definition) is 4. The molecule has 2 N–H and O–H groups in total. The summed E-state index contributed by atoms with van der Waals surface area (Å²) in [4.78, 5) is 0. The molecule has 0 saturated carbocycles. The summed E-state index contributed by atoms with van der Waals surface area (Å²) in [6.45, 7) is 1.92. The molecule has 4 nitrogen and oxygen atoms in total. The average Bonchev–Trinajstić information content (AvgIpc) is 2.50. The summed E-state index contributed by atoms with van der Waals surface area (Å²) in [5.74, 6) is 0.897. The molecule has 4 heteroatoms. The van der Waals surface area contributed by atoms with E-state index in [1.54, 1.807) is 20.3 Å². The van der Waals surface area contributed by atoms with Gasteiger partial charge in [-0.25, -0.2) is 0 Å². The molecule has 0 unspecified atom stereocenters. The Balaban J connectivity index is 1.95. The van der Waals surface area contributed by atoms with E-state index in [0.717, 1.165) is 12.1 Å². The Morgan fingerprint density at radius 3 is 2.33 bits per heavy atom. The van der Waals surface area contributed by atoms with E-state index in [1.165, 1.54) is 11.1 Å². The highest BCUT2D eigenvalue weighted by atomic mass is 16.5. The molecule has 0 bridgehead atoms. The minimum absolute atomic E-state index is 0.243. The first-order chi connectivity index (χ1) is 10.2. The topological polar surface area (TPSA) is 50.7 Å². The molecule has 2 aromatic rings. The number of hydrogen-bond donors (Lipinski definition) is 2. The Morgan fingerprint density at radius 1 is 0.952 bits per heavy atom. The summed E-state index contributed by atoms with van der Waals surface area (Å²) in [7, 11) is 3.28. The van der Waals surface area contributed by atoms with Crippen LogP contribution in [0.15, 0.2) is 42.5 Å². The van der Waals surface area contributed by atoms with Gasteiger partial charge in [0.25, 0.3) is 0 Å². The second-order valence-electron chi connectivity index (χ2n) is 4.80. The highest BCUT2D eigenvalue weighted by Gasteiger charge is 2.04. The lowest BCUT2D eigenvalue weighted by Crippen LogP contribution is -2.14. The minimum Gasteiger partial charge on any atom is -0.507 e. The van der Waals surface area contributed by atoms with Crippen molar-refractivity contribution in [1.29, 1.82) is 0 Å². The Morgan fingerprint density at radius 2 is 1.67 bits per heavy atom. The van der Waals surface area contributed by atoms with Crippen molar-refractivity contribution in [2.24, 2.45) is 0 Å². The van der Waals surface area contributed by atoms with Crippen molar-refractivity contribution in [2.75, 3.05) is 14.2 Å². The Labute approximate surface area is 125 Å². The normalized spacial score (nSPS) is 10.6. The van der Waals surface area contributed by atoms with Crippen LogP contribution in [0.3, 0.4) is 0 Å². The number of nitrogens with one attached hydrogen (secondary N) is 1. The van der Waals surface area contributed by atoms with E-state index >= 15 is 0 Å². The molecule has 0 aliphatic carbocycles. The summed E-state index contributed by atoms with van der Waals surface area (Å²) >= 11 is 0. The fourth-order valence-corrected chi connectivity index (χ4v) is 2.18. The standard InChI is InChI=1S/C17H21NO3/c1-20-12-15-6-4-3-5-13(15)10-18-11-14-7-8-16(21-2)9-17(14)19/h3-9,18-19H,10-12H2,1-2H3. The average molecular weight is 287 g/mol. The Hall–Kier alpha value is -2.04. The molecular weight excluding hydrogens is 266 g/mol. The van der Waals surface area contributed by atoms with Gasteiger partial charge < -0.3 is 19.9 Å². The van der Waals surface area contributed by atoms with Crippen molar-refractivity contribution in [3.63, 3.8) is 0 Å². The SMILES string of the molecule is COCc1ccccc1CNCc1ccc(OC)cc1O. The van der Waals surface area contributed by atoms with Crippen LogP contribution in [0.4, 0.5) is 0 Å². The number of aromatic hydroxyl groups is 1. The molecule has 0 radical (unpaired) electrons. The lowest BCUT2D eigenvalue weighted by atomic mass is 10.1. The van der Waals surface area contributed by atoms with Crippen LogP contribution in [0.2, 0.25) is 0 Å². The second-order valence-corrected chi connectivity index (χ2v) is 4.80. The zero-order valence-corrected chi connectivity index (χ0v) is 12.4. The zero-order chi connectivity index (χ0) is 15.1. The first-order valence-corrected chi connectivity index (χ1v) is 6.87. The summed E-state index contributed by atoms with van der Waals surface area (Å²) in [6, 6.07) is 13.5. The van der Waals surface area contributed by atoms with Crippen LogP contribution in [-0.2, 0) is 24.4 Å². The summed E-state index contributed by atoms with van der Waals surface area (Å²) in [5, 5.41) is 13.3.